The Bertz CT molecular complexity index is 504. The molecule has 2 aliphatic rings. The molecule has 2 rings (SSSR count). The lowest BCUT2D eigenvalue weighted by Gasteiger charge is -2.36. The van der Waals surface area contributed by atoms with E-state index in [2.05, 4.69) is 5.32 Å². The van der Waals surface area contributed by atoms with E-state index in [4.69, 9.17) is 0 Å². The van der Waals surface area contributed by atoms with Gasteiger partial charge in [-0.3, -0.25) is 0 Å². The maximum Gasteiger partial charge on any atom is 0.282 e. The highest BCUT2D eigenvalue weighted by Crippen LogP contribution is 2.14. The molecule has 0 aromatic heterocycles. The SMILES string of the molecule is CS(=O)(=O)N1CCN(S(=O)(=O)N2CCNCC2)CC1. The largest absolute Gasteiger partial charge is 0.314 e. The van der Waals surface area contributed by atoms with E-state index in [1.54, 1.807) is 0 Å². The maximum absolute atomic E-state index is 12.4. The van der Waals surface area contributed by atoms with Gasteiger partial charge < -0.3 is 5.32 Å². The fraction of sp³-hybridized carbons (Fsp3) is 1.00. The highest BCUT2D eigenvalue weighted by Gasteiger charge is 2.34. The second-order valence-electron chi connectivity index (χ2n) is 4.72. The molecular weight excluding hydrogens is 292 g/mol. The average Bonchev–Trinajstić information content (AvgIpc) is 2.39. The van der Waals surface area contributed by atoms with E-state index < -0.39 is 20.2 Å². The quantitative estimate of drug-likeness (QED) is 0.634. The van der Waals surface area contributed by atoms with Gasteiger partial charge in [0, 0.05) is 52.4 Å². The first-order valence-corrected chi connectivity index (χ1v) is 9.47. The molecule has 1 N–H and O–H groups in total. The van der Waals surface area contributed by atoms with Crippen LogP contribution in [0.25, 0.3) is 0 Å². The number of hydrogen-bond acceptors (Lipinski definition) is 5. The van der Waals surface area contributed by atoms with Crippen molar-refractivity contribution >= 4 is 20.2 Å². The second-order valence-corrected chi connectivity index (χ2v) is 8.63. The van der Waals surface area contributed by atoms with Crippen LogP contribution in [0.5, 0.6) is 0 Å². The van der Waals surface area contributed by atoms with E-state index in [9.17, 15) is 16.8 Å². The summed E-state index contributed by atoms with van der Waals surface area (Å²) in [7, 11) is -6.68. The molecule has 8 nitrogen and oxygen atoms in total. The first-order valence-electron chi connectivity index (χ1n) is 6.23. The fourth-order valence-electron chi connectivity index (χ4n) is 2.27. The van der Waals surface area contributed by atoms with Crippen LogP contribution in [-0.2, 0) is 20.2 Å². The molecule has 0 radical (unpaired) electrons. The zero-order valence-corrected chi connectivity index (χ0v) is 12.6. The molecule has 10 heteroatoms. The number of hydrogen-bond donors (Lipinski definition) is 1. The minimum atomic E-state index is -3.45. The molecule has 0 unspecified atom stereocenters. The summed E-state index contributed by atoms with van der Waals surface area (Å²) >= 11 is 0. The zero-order valence-electron chi connectivity index (χ0n) is 10.9. The van der Waals surface area contributed by atoms with Crippen LogP contribution in [0.4, 0.5) is 0 Å². The van der Waals surface area contributed by atoms with Gasteiger partial charge in [-0.05, 0) is 0 Å². The molecule has 19 heavy (non-hydrogen) atoms. The smallest absolute Gasteiger partial charge is 0.282 e. The Hall–Kier alpha value is -0.260. The number of nitrogens with zero attached hydrogens (tertiary/aromatic N) is 3. The molecule has 0 spiro atoms. The molecule has 0 aliphatic carbocycles. The van der Waals surface area contributed by atoms with Crippen LogP contribution in [0.1, 0.15) is 0 Å². The third-order valence-corrected chi connectivity index (χ3v) is 6.73. The van der Waals surface area contributed by atoms with Crippen LogP contribution in [0.15, 0.2) is 0 Å². The van der Waals surface area contributed by atoms with Crippen molar-refractivity contribution in [3.05, 3.63) is 0 Å². The molecule has 2 saturated heterocycles. The van der Waals surface area contributed by atoms with E-state index in [1.807, 2.05) is 0 Å². The van der Waals surface area contributed by atoms with E-state index in [-0.39, 0.29) is 26.2 Å². The molecule has 112 valence electrons. The number of nitrogens with one attached hydrogen (secondary N) is 1. The van der Waals surface area contributed by atoms with Crippen molar-refractivity contribution in [3.63, 3.8) is 0 Å². The summed E-state index contributed by atoms with van der Waals surface area (Å²) in [6.07, 6.45) is 1.15. The van der Waals surface area contributed by atoms with Crippen molar-refractivity contribution in [2.75, 3.05) is 58.6 Å². The van der Waals surface area contributed by atoms with Crippen LogP contribution >= 0.6 is 0 Å². The lowest BCUT2D eigenvalue weighted by molar-refractivity contribution is 0.249. The molecule has 0 bridgehead atoms. The van der Waals surface area contributed by atoms with Crippen LogP contribution in [0.3, 0.4) is 0 Å². The van der Waals surface area contributed by atoms with Crippen LogP contribution in [0.2, 0.25) is 0 Å². The number of sulfonamides is 1. The van der Waals surface area contributed by atoms with Gasteiger partial charge in [0.15, 0.2) is 0 Å². The minimum Gasteiger partial charge on any atom is -0.314 e. The van der Waals surface area contributed by atoms with E-state index in [1.165, 1.54) is 12.9 Å². The van der Waals surface area contributed by atoms with Crippen LogP contribution in [-0.4, -0.2) is 88.4 Å². The van der Waals surface area contributed by atoms with Gasteiger partial charge in [-0.2, -0.15) is 21.3 Å². The Morgan fingerprint density at radius 1 is 0.737 bits per heavy atom. The van der Waals surface area contributed by atoms with Gasteiger partial charge in [0.05, 0.1) is 6.26 Å². The van der Waals surface area contributed by atoms with Gasteiger partial charge in [-0.25, -0.2) is 8.42 Å². The average molecular weight is 312 g/mol. The third kappa shape index (κ3) is 3.44. The first kappa shape index (κ1) is 15.1. The predicted molar refractivity (Wildman–Crippen MR) is 71.4 cm³/mol. The Labute approximate surface area is 114 Å². The number of piperazine rings is 2. The normalized spacial score (nSPS) is 25.5. The summed E-state index contributed by atoms with van der Waals surface area (Å²) in [4.78, 5) is 0. The fourth-order valence-corrected chi connectivity index (χ4v) is 4.69. The van der Waals surface area contributed by atoms with Gasteiger partial charge in [0.2, 0.25) is 10.0 Å². The highest BCUT2D eigenvalue weighted by molar-refractivity contribution is 7.88. The molecule has 2 aliphatic heterocycles. The van der Waals surface area contributed by atoms with Gasteiger partial charge in [-0.15, -0.1) is 0 Å². The summed E-state index contributed by atoms with van der Waals surface area (Å²) in [5.74, 6) is 0. The van der Waals surface area contributed by atoms with Crippen molar-refractivity contribution in [2.45, 2.75) is 0 Å². The third-order valence-electron chi connectivity index (χ3n) is 3.40. The Morgan fingerprint density at radius 2 is 1.16 bits per heavy atom. The molecule has 0 aromatic carbocycles. The number of rotatable bonds is 3. The van der Waals surface area contributed by atoms with Crippen LogP contribution in [0, 0.1) is 0 Å². The minimum absolute atomic E-state index is 0.222. The standard InChI is InChI=1S/C9H20N4O4S2/c1-18(14,15)11-6-8-13(9-7-11)19(16,17)12-4-2-10-3-5-12/h10H,2-9H2,1H3. The Balaban J connectivity index is 2.00. The first-order chi connectivity index (χ1) is 8.82. The molecule has 0 amide bonds. The Kier molecular flexibility index (Phi) is 4.48. The van der Waals surface area contributed by atoms with Crippen molar-refractivity contribution < 1.29 is 16.8 Å². The van der Waals surface area contributed by atoms with E-state index >= 15 is 0 Å². The summed E-state index contributed by atoms with van der Waals surface area (Å²) in [5.41, 5.74) is 0. The van der Waals surface area contributed by atoms with Gasteiger partial charge in [-0.1, -0.05) is 0 Å². The van der Waals surface area contributed by atoms with Crippen molar-refractivity contribution in [3.8, 4) is 0 Å². The zero-order chi connectivity index (χ0) is 14.1. The summed E-state index contributed by atoms with van der Waals surface area (Å²) in [6.45, 7) is 3.14. The monoisotopic (exact) mass is 312 g/mol. The molecule has 0 aromatic rings. The highest BCUT2D eigenvalue weighted by atomic mass is 32.2. The maximum atomic E-state index is 12.4. The van der Waals surface area contributed by atoms with Crippen molar-refractivity contribution in [1.82, 2.24) is 18.2 Å². The van der Waals surface area contributed by atoms with Gasteiger partial charge >= 0.3 is 0 Å². The molecular formula is C9H20N4O4S2. The van der Waals surface area contributed by atoms with Gasteiger partial charge in [0.1, 0.15) is 0 Å². The van der Waals surface area contributed by atoms with Crippen LogP contribution < -0.4 is 5.32 Å². The molecule has 0 atom stereocenters. The molecule has 2 fully saturated rings. The van der Waals surface area contributed by atoms with Gasteiger partial charge in [0.25, 0.3) is 10.2 Å². The van der Waals surface area contributed by atoms with Crippen molar-refractivity contribution in [2.24, 2.45) is 0 Å². The van der Waals surface area contributed by atoms with Crippen molar-refractivity contribution in [1.29, 1.82) is 0 Å². The summed E-state index contributed by atoms with van der Waals surface area (Å²) < 4.78 is 51.6. The Morgan fingerprint density at radius 3 is 1.63 bits per heavy atom. The second kappa shape index (κ2) is 5.62. The molecule has 0 saturated carbocycles. The summed E-state index contributed by atoms with van der Waals surface area (Å²) in [6, 6.07) is 0. The molecule has 2 heterocycles. The lowest BCUT2D eigenvalue weighted by Crippen LogP contribution is -2.56. The van der Waals surface area contributed by atoms with E-state index in [0.717, 1.165) is 6.26 Å². The lowest BCUT2D eigenvalue weighted by atomic mass is 10.4. The summed E-state index contributed by atoms with van der Waals surface area (Å²) in [5, 5.41) is 3.10. The topological polar surface area (TPSA) is 90.0 Å². The predicted octanol–water partition coefficient (Wildman–Crippen LogP) is -2.29. The van der Waals surface area contributed by atoms with E-state index in [0.29, 0.717) is 26.2 Å².